The summed E-state index contributed by atoms with van der Waals surface area (Å²) in [5, 5.41) is 6.42. The molecule has 0 saturated carbocycles. The molecule has 0 aromatic heterocycles. The Morgan fingerprint density at radius 2 is 1.96 bits per heavy atom. The van der Waals surface area contributed by atoms with Crippen molar-refractivity contribution in [3.8, 4) is 0 Å². The number of rotatable bonds is 5. The third-order valence-electron chi connectivity index (χ3n) is 4.38. The molecule has 0 spiro atoms. The van der Waals surface area contributed by atoms with Gasteiger partial charge in [-0.05, 0) is 50.6 Å². The van der Waals surface area contributed by atoms with Crippen LogP contribution in [0.5, 0.6) is 0 Å². The molecule has 2 amide bonds. The van der Waals surface area contributed by atoms with E-state index in [1.54, 1.807) is 18.2 Å². The number of halogens is 1. The van der Waals surface area contributed by atoms with E-state index in [2.05, 4.69) is 10.6 Å². The standard InChI is InChI=1S/C18H26ClN3O2/c1-12(2)17(23)21-14-4-5-16(19)15(10-14)18(24)22-8-6-13(7-9-22)11-20-3/h4-5,10,12-13,20H,6-9,11H2,1-3H3,(H,21,23). The molecule has 1 aliphatic heterocycles. The molecule has 1 aromatic carbocycles. The number of piperidine rings is 1. The Labute approximate surface area is 148 Å². The van der Waals surface area contributed by atoms with Crippen LogP contribution < -0.4 is 10.6 Å². The predicted octanol–water partition coefficient (Wildman–Crippen LogP) is 3.01. The van der Waals surface area contributed by atoms with E-state index in [-0.39, 0.29) is 17.7 Å². The highest BCUT2D eigenvalue weighted by molar-refractivity contribution is 6.34. The summed E-state index contributed by atoms with van der Waals surface area (Å²) in [6.45, 7) is 6.12. The van der Waals surface area contributed by atoms with Crippen molar-refractivity contribution in [1.29, 1.82) is 0 Å². The van der Waals surface area contributed by atoms with E-state index in [9.17, 15) is 9.59 Å². The number of amides is 2. The van der Waals surface area contributed by atoms with Crippen LogP contribution in [-0.4, -0.2) is 43.4 Å². The quantitative estimate of drug-likeness (QED) is 0.857. The second kappa shape index (κ2) is 8.49. The van der Waals surface area contributed by atoms with Crippen LogP contribution in [0.2, 0.25) is 5.02 Å². The van der Waals surface area contributed by atoms with E-state index in [1.807, 2.05) is 25.8 Å². The average molecular weight is 352 g/mol. The molecular formula is C18H26ClN3O2. The van der Waals surface area contributed by atoms with Gasteiger partial charge in [0.15, 0.2) is 0 Å². The topological polar surface area (TPSA) is 61.4 Å². The molecule has 0 radical (unpaired) electrons. The number of likely N-dealkylation sites (tertiary alicyclic amines) is 1. The summed E-state index contributed by atoms with van der Waals surface area (Å²) in [6.07, 6.45) is 1.99. The highest BCUT2D eigenvalue weighted by Crippen LogP contribution is 2.25. The zero-order valence-electron chi connectivity index (χ0n) is 14.6. The third-order valence-corrected chi connectivity index (χ3v) is 4.71. The molecule has 1 fully saturated rings. The smallest absolute Gasteiger partial charge is 0.255 e. The minimum absolute atomic E-state index is 0.0662. The highest BCUT2D eigenvalue weighted by Gasteiger charge is 2.25. The molecule has 2 N–H and O–H groups in total. The van der Waals surface area contributed by atoms with Gasteiger partial charge in [0.2, 0.25) is 5.91 Å². The van der Waals surface area contributed by atoms with Gasteiger partial charge in [0.1, 0.15) is 0 Å². The molecule has 1 aromatic rings. The summed E-state index contributed by atoms with van der Waals surface area (Å²) < 4.78 is 0. The first-order valence-corrected chi connectivity index (χ1v) is 8.84. The van der Waals surface area contributed by atoms with Crippen molar-refractivity contribution in [1.82, 2.24) is 10.2 Å². The van der Waals surface area contributed by atoms with Gasteiger partial charge in [-0.15, -0.1) is 0 Å². The normalized spacial score (nSPS) is 15.6. The van der Waals surface area contributed by atoms with Crippen LogP contribution in [0.1, 0.15) is 37.0 Å². The Balaban J connectivity index is 2.07. The zero-order chi connectivity index (χ0) is 17.7. The summed E-state index contributed by atoms with van der Waals surface area (Å²) in [4.78, 5) is 26.5. The van der Waals surface area contributed by atoms with Gasteiger partial charge < -0.3 is 15.5 Å². The largest absolute Gasteiger partial charge is 0.339 e. The third kappa shape index (κ3) is 4.71. The lowest BCUT2D eigenvalue weighted by molar-refractivity contribution is -0.118. The van der Waals surface area contributed by atoms with Gasteiger partial charge in [-0.1, -0.05) is 25.4 Å². The molecule has 2 rings (SSSR count). The molecule has 5 nitrogen and oxygen atoms in total. The molecular weight excluding hydrogens is 326 g/mol. The van der Waals surface area contributed by atoms with E-state index in [0.717, 1.165) is 32.5 Å². The maximum atomic E-state index is 12.8. The summed E-state index contributed by atoms with van der Waals surface area (Å²) in [5.41, 5.74) is 1.05. The molecule has 0 bridgehead atoms. The summed E-state index contributed by atoms with van der Waals surface area (Å²) in [6, 6.07) is 5.06. The van der Waals surface area contributed by atoms with E-state index < -0.39 is 0 Å². The highest BCUT2D eigenvalue weighted by atomic mass is 35.5. The lowest BCUT2D eigenvalue weighted by Gasteiger charge is -2.32. The first-order chi connectivity index (χ1) is 11.4. The predicted molar refractivity (Wildman–Crippen MR) is 97.5 cm³/mol. The number of nitrogens with one attached hydrogen (secondary N) is 2. The van der Waals surface area contributed by atoms with Gasteiger partial charge in [0.25, 0.3) is 5.91 Å². The summed E-state index contributed by atoms with van der Waals surface area (Å²) in [7, 11) is 1.95. The maximum absolute atomic E-state index is 12.8. The van der Waals surface area contributed by atoms with E-state index >= 15 is 0 Å². The summed E-state index contributed by atoms with van der Waals surface area (Å²) in [5.74, 6) is 0.351. The van der Waals surface area contributed by atoms with Crippen LogP contribution in [0.25, 0.3) is 0 Å². The first-order valence-electron chi connectivity index (χ1n) is 8.46. The molecule has 1 saturated heterocycles. The SMILES string of the molecule is CNCC1CCN(C(=O)c2cc(NC(=O)C(C)C)ccc2Cl)CC1. The van der Waals surface area contributed by atoms with Crippen molar-refractivity contribution in [2.24, 2.45) is 11.8 Å². The maximum Gasteiger partial charge on any atom is 0.255 e. The number of hydrogen-bond donors (Lipinski definition) is 2. The van der Waals surface area contributed by atoms with Crippen molar-refractivity contribution in [3.05, 3.63) is 28.8 Å². The Kier molecular flexibility index (Phi) is 6.63. The van der Waals surface area contributed by atoms with Crippen LogP contribution in [0.15, 0.2) is 18.2 Å². The van der Waals surface area contributed by atoms with Crippen molar-refractivity contribution in [2.75, 3.05) is 32.0 Å². The monoisotopic (exact) mass is 351 g/mol. The lowest BCUT2D eigenvalue weighted by atomic mass is 9.96. The molecule has 0 unspecified atom stereocenters. The lowest BCUT2D eigenvalue weighted by Crippen LogP contribution is -2.40. The van der Waals surface area contributed by atoms with Gasteiger partial charge in [0.05, 0.1) is 10.6 Å². The molecule has 1 heterocycles. The minimum Gasteiger partial charge on any atom is -0.339 e. The van der Waals surface area contributed by atoms with Crippen molar-refractivity contribution in [3.63, 3.8) is 0 Å². The van der Waals surface area contributed by atoms with Gasteiger partial charge in [-0.3, -0.25) is 9.59 Å². The fourth-order valence-corrected chi connectivity index (χ4v) is 3.05. The number of carbonyl (C=O) groups excluding carboxylic acids is 2. The minimum atomic E-state index is -0.119. The Hall–Kier alpha value is -1.59. The fourth-order valence-electron chi connectivity index (χ4n) is 2.85. The van der Waals surface area contributed by atoms with Gasteiger partial charge in [0, 0.05) is 24.7 Å². The molecule has 0 atom stereocenters. The number of hydrogen-bond acceptors (Lipinski definition) is 3. The number of carbonyl (C=O) groups is 2. The molecule has 0 aliphatic carbocycles. The van der Waals surface area contributed by atoms with Crippen LogP contribution in [0, 0.1) is 11.8 Å². The Morgan fingerprint density at radius 3 is 2.54 bits per heavy atom. The van der Waals surface area contributed by atoms with Gasteiger partial charge >= 0.3 is 0 Å². The van der Waals surface area contributed by atoms with Crippen molar-refractivity contribution < 1.29 is 9.59 Å². The number of benzene rings is 1. The molecule has 132 valence electrons. The van der Waals surface area contributed by atoms with Gasteiger partial charge in [-0.2, -0.15) is 0 Å². The first kappa shape index (κ1) is 18.7. The molecule has 6 heteroatoms. The Bertz CT molecular complexity index is 596. The number of nitrogens with zero attached hydrogens (tertiary/aromatic N) is 1. The fraction of sp³-hybridized carbons (Fsp3) is 0.556. The van der Waals surface area contributed by atoms with Crippen molar-refractivity contribution in [2.45, 2.75) is 26.7 Å². The van der Waals surface area contributed by atoms with Crippen LogP contribution in [-0.2, 0) is 4.79 Å². The van der Waals surface area contributed by atoms with E-state index in [4.69, 9.17) is 11.6 Å². The van der Waals surface area contributed by atoms with E-state index in [0.29, 0.717) is 22.2 Å². The van der Waals surface area contributed by atoms with Crippen LogP contribution in [0.3, 0.4) is 0 Å². The zero-order valence-corrected chi connectivity index (χ0v) is 15.3. The van der Waals surface area contributed by atoms with Crippen LogP contribution in [0.4, 0.5) is 5.69 Å². The number of anilines is 1. The van der Waals surface area contributed by atoms with Gasteiger partial charge in [-0.25, -0.2) is 0 Å². The second-order valence-corrected chi connectivity index (χ2v) is 7.04. The Morgan fingerprint density at radius 1 is 1.29 bits per heavy atom. The average Bonchev–Trinajstić information content (AvgIpc) is 2.57. The molecule has 1 aliphatic rings. The summed E-state index contributed by atoms with van der Waals surface area (Å²) >= 11 is 6.22. The van der Waals surface area contributed by atoms with Crippen LogP contribution >= 0.6 is 11.6 Å². The second-order valence-electron chi connectivity index (χ2n) is 6.63. The van der Waals surface area contributed by atoms with E-state index in [1.165, 1.54) is 0 Å². The molecule has 24 heavy (non-hydrogen) atoms. The van der Waals surface area contributed by atoms with Crippen molar-refractivity contribution >= 4 is 29.1 Å².